The predicted octanol–water partition coefficient (Wildman–Crippen LogP) is 4.75. The molecule has 0 radical (unpaired) electrons. The second-order valence-corrected chi connectivity index (χ2v) is 7.04. The summed E-state index contributed by atoms with van der Waals surface area (Å²) in [5.74, 6) is 1.92. The van der Waals surface area contributed by atoms with E-state index in [4.69, 9.17) is 4.74 Å². The summed E-state index contributed by atoms with van der Waals surface area (Å²) in [6.45, 7) is 2.12. The first-order chi connectivity index (χ1) is 12.9. The zero-order valence-electron chi connectivity index (χ0n) is 14.6. The molecule has 5 rings (SSSR count). The molecule has 2 aliphatic rings. The van der Waals surface area contributed by atoms with Crippen molar-refractivity contribution in [3.8, 4) is 11.5 Å². The van der Waals surface area contributed by atoms with Crippen LogP contribution in [0.5, 0.6) is 11.5 Å². The Morgan fingerprint density at radius 2 is 1.38 bits per heavy atom. The number of fused-ring (bicyclic) bond motifs is 2. The molecule has 1 fully saturated rings. The maximum Gasteiger partial charge on any atom is 0.132 e. The lowest BCUT2D eigenvalue weighted by Crippen LogP contribution is -2.37. The molecule has 26 heavy (non-hydrogen) atoms. The third-order valence-corrected chi connectivity index (χ3v) is 5.39. The van der Waals surface area contributed by atoms with E-state index in [-0.39, 0.29) is 6.04 Å². The maximum absolute atomic E-state index is 6.11. The number of nitrogens with zero attached hydrogens (tertiary/aromatic N) is 1. The van der Waals surface area contributed by atoms with Gasteiger partial charge in [-0.1, -0.05) is 54.6 Å². The summed E-state index contributed by atoms with van der Waals surface area (Å²) in [4.78, 5) is 2.47. The SMILES string of the molecule is c1ccc(N2CCC(NC3c4ccccc4Oc4ccccc43)C2)cc1. The summed E-state index contributed by atoms with van der Waals surface area (Å²) in [5.41, 5.74) is 3.76. The molecule has 1 unspecified atom stereocenters. The van der Waals surface area contributed by atoms with Crippen molar-refractivity contribution >= 4 is 5.69 Å². The second kappa shape index (κ2) is 6.50. The predicted molar refractivity (Wildman–Crippen MR) is 105 cm³/mol. The summed E-state index contributed by atoms with van der Waals surface area (Å²) in [7, 11) is 0. The Balaban J connectivity index is 1.41. The number of rotatable bonds is 3. The van der Waals surface area contributed by atoms with Gasteiger partial charge in [0.25, 0.3) is 0 Å². The van der Waals surface area contributed by atoms with Crippen LogP contribution in [0.1, 0.15) is 23.6 Å². The zero-order chi connectivity index (χ0) is 17.3. The van der Waals surface area contributed by atoms with E-state index in [1.165, 1.54) is 16.8 Å². The summed E-state index contributed by atoms with van der Waals surface area (Å²) in [6.07, 6.45) is 1.15. The Kier molecular flexibility index (Phi) is 3.87. The van der Waals surface area contributed by atoms with Crippen LogP contribution in [0, 0.1) is 0 Å². The number of nitrogens with one attached hydrogen (secondary N) is 1. The topological polar surface area (TPSA) is 24.5 Å². The molecule has 3 aromatic carbocycles. The average Bonchev–Trinajstić information content (AvgIpc) is 3.17. The minimum absolute atomic E-state index is 0.178. The average molecular weight is 342 g/mol. The van der Waals surface area contributed by atoms with Crippen molar-refractivity contribution in [2.24, 2.45) is 0 Å². The summed E-state index contributed by atoms with van der Waals surface area (Å²) in [5, 5.41) is 3.91. The van der Waals surface area contributed by atoms with Crippen molar-refractivity contribution in [2.45, 2.75) is 18.5 Å². The Morgan fingerprint density at radius 3 is 2.08 bits per heavy atom. The van der Waals surface area contributed by atoms with Gasteiger partial charge in [0.2, 0.25) is 0 Å². The smallest absolute Gasteiger partial charge is 0.132 e. The lowest BCUT2D eigenvalue weighted by Gasteiger charge is -2.31. The molecule has 1 atom stereocenters. The van der Waals surface area contributed by atoms with Gasteiger partial charge in [-0.05, 0) is 30.7 Å². The van der Waals surface area contributed by atoms with E-state index in [9.17, 15) is 0 Å². The van der Waals surface area contributed by atoms with Crippen molar-refractivity contribution < 1.29 is 4.74 Å². The largest absolute Gasteiger partial charge is 0.457 e. The molecule has 2 aliphatic heterocycles. The molecule has 3 heteroatoms. The minimum Gasteiger partial charge on any atom is -0.457 e. The molecule has 0 spiro atoms. The van der Waals surface area contributed by atoms with Crippen LogP contribution < -0.4 is 15.0 Å². The monoisotopic (exact) mass is 342 g/mol. The van der Waals surface area contributed by atoms with Crippen LogP contribution in [0.15, 0.2) is 78.9 Å². The van der Waals surface area contributed by atoms with Crippen molar-refractivity contribution in [2.75, 3.05) is 18.0 Å². The fourth-order valence-corrected chi connectivity index (χ4v) is 4.09. The van der Waals surface area contributed by atoms with Gasteiger partial charge in [0.05, 0.1) is 6.04 Å². The third kappa shape index (κ3) is 2.74. The normalized spacial score (nSPS) is 18.9. The molecule has 0 aliphatic carbocycles. The number of hydrogen-bond donors (Lipinski definition) is 1. The van der Waals surface area contributed by atoms with Crippen molar-refractivity contribution in [1.29, 1.82) is 0 Å². The zero-order valence-corrected chi connectivity index (χ0v) is 14.6. The molecule has 0 amide bonds. The molecule has 1 saturated heterocycles. The second-order valence-electron chi connectivity index (χ2n) is 7.04. The Hall–Kier alpha value is -2.78. The van der Waals surface area contributed by atoms with Gasteiger partial charge < -0.3 is 15.0 Å². The quantitative estimate of drug-likeness (QED) is 0.743. The fraction of sp³-hybridized carbons (Fsp3) is 0.217. The summed E-state index contributed by atoms with van der Waals surface area (Å²) >= 11 is 0. The molecule has 0 bridgehead atoms. The van der Waals surface area contributed by atoms with Crippen LogP contribution in [-0.2, 0) is 0 Å². The number of ether oxygens (including phenoxy) is 1. The Labute approximate surface area is 154 Å². The molecular weight excluding hydrogens is 320 g/mol. The lowest BCUT2D eigenvalue weighted by atomic mass is 9.94. The van der Waals surface area contributed by atoms with Crippen molar-refractivity contribution in [3.63, 3.8) is 0 Å². The van der Waals surface area contributed by atoms with Gasteiger partial charge in [0.15, 0.2) is 0 Å². The molecule has 0 aromatic heterocycles. The number of benzene rings is 3. The molecule has 3 nitrogen and oxygen atoms in total. The van der Waals surface area contributed by atoms with Crippen LogP contribution >= 0.6 is 0 Å². The van der Waals surface area contributed by atoms with E-state index in [0.717, 1.165) is 31.0 Å². The highest BCUT2D eigenvalue weighted by atomic mass is 16.5. The lowest BCUT2D eigenvalue weighted by molar-refractivity contribution is 0.410. The standard InChI is InChI=1S/C23H22N2O/c1-2-8-18(9-3-1)25-15-14-17(16-25)24-23-19-10-4-6-12-21(19)26-22-13-7-5-11-20(22)23/h1-13,17,23-24H,14-16H2. The van der Waals surface area contributed by atoms with E-state index in [1.54, 1.807) is 0 Å². The molecule has 130 valence electrons. The van der Waals surface area contributed by atoms with Gasteiger partial charge in [-0.2, -0.15) is 0 Å². The van der Waals surface area contributed by atoms with Gasteiger partial charge in [-0.15, -0.1) is 0 Å². The van der Waals surface area contributed by atoms with Gasteiger partial charge in [-0.3, -0.25) is 0 Å². The molecule has 3 aromatic rings. The first-order valence-corrected chi connectivity index (χ1v) is 9.30. The first-order valence-electron chi connectivity index (χ1n) is 9.30. The van der Waals surface area contributed by atoms with E-state index in [2.05, 4.69) is 76.9 Å². The molecule has 1 N–H and O–H groups in total. The van der Waals surface area contributed by atoms with E-state index >= 15 is 0 Å². The van der Waals surface area contributed by atoms with Crippen LogP contribution in [0.2, 0.25) is 0 Å². The third-order valence-electron chi connectivity index (χ3n) is 5.39. The van der Waals surface area contributed by atoms with Crippen molar-refractivity contribution in [1.82, 2.24) is 5.32 Å². The Morgan fingerprint density at radius 1 is 0.769 bits per heavy atom. The van der Waals surface area contributed by atoms with Gasteiger partial charge in [0, 0.05) is 35.9 Å². The summed E-state index contributed by atoms with van der Waals surface area (Å²) < 4.78 is 6.11. The van der Waals surface area contributed by atoms with Gasteiger partial charge in [0.1, 0.15) is 11.5 Å². The highest BCUT2D eigenvalue weighted by Gasteiger charge is 2.31. The highest BCUT2D eigenvalue weighted by Crippen LogP contribution is 2.43. The van der Waals surface area contributed by atoms with E-state index in [0.29, 0.717) is 6.04 Å². The van der Waals surface area contributed by atoms with Gasteiger partial charge in [-0.25, -0.2) is 0 Å². The number of anilines is 1. The number of para-hydroxylation sites is 3. The molecule has 0 saturated carbocycles. The Bertz CT molecular complexity index is 863. The van der Waals surface area contributed by atoms with Crippen molar-refractivity contribution in [3.05, 3.63) is 90.0 Å². The fourth-order valence-electron chi connectivity index (χ4n) is 4.09. The van der Waals surface area contributed by atoms with Crippen LogP contribution in [0.3, 0.4) is 0 Å². The van der Waals surface area contributed by atoms with Crippen LogP contribution in [-0.4, -0.2) is 19.1 Å². The summed E-state index contributed by atoms with van der Waals surface area (Å²) in [6, 6.07) is 28.1. The maximum atomic E-state index is 6.11. The first kappa shape index (κ1) is 15.5. The van der Waals surface area contributed by atoms with Gasteiger partial charge >= 0.3 is 0 Å². The van der Waals surface area contributed by atoms with Crippen LogP contribution in [0.25, 0.3) is 0 Å². The molecule has 2 heterocycles. The minimum atomic E-state index is 0.178. The highest BCUT2D eigenvalue weighted by molar-refractivity contribution is 5.53. The van der Waals surface area contributed by atoms with E-state index < -0.39 is 0 Å². The molecular formula is C23H22N2O. The van der Waals surface area contributed by atoms with Crippen LogP contribution in [0.4, 0.5) is 5.69 Å². The number of hydrogen-bond acceptors (Lipinski definition) is 3. The van der Waals surface area contributed by atoms with E-state index in [1.807, 2.05) is 12.1 Å².